The van der Waals surface area contributed by atoms with Gasteiger partial charge in [0.05, 0.1) is 0 Å². The number of rotatable bonds is 9. The molecule has 0 saturated carbocycles. The molecule has 0 bridgehead atoms. The Morgan fingerprint density at radius 2 is 2.00 bits per heavy atom. The molecule has 1 N–H and O–H groups in total. The summed E-state index contributed by atoms with van der Waals surface area (Å²) in [6.07, 6.45) is 8.45. The molecule has 92 valence electrons. The molecule has 0 radical (unpaired) electrons. The van der Waals surface area contributed by atoms with Gasteiger partial charge in [-0.1, -0.05) is 26.7 Å². The first kappa shape index (κ1) is 13.2. The van der Waals surface area contributed by atoms with Gasteiger partial charge in [-0.25, -0.2) is 4.98 Å². The summed E-state index contributed by atoms with van der Waals surface area (Å²) in [6, 6.07) is 0. The van der Waals surface area contributed by atoms with Crippen molar-refractivity contribution in [2.75, 3.05) is 13.1 Å². The third kappa shape index (κ3) is 6.56. The van der Waals surface area contributed by atoms with E-state index in [0.717, 1.165) is 25.6 Å². The highest BCUT2D eigenvalue weighted by molar-refractivity contribution is 4.56. The van der Waals surface area contributed by atoms with Crippen molar-refractivity contribution in [1.82, 2.24) is 20.1 Å². The SMILES string of the molecule is CC(C)CNCCCCCCn1cncn1. The van der Waals surface area contributed by atoms with E-state index in [9.17, 15) is 0 Å². The Kier molecular flexibility index (Phi) is 6.81. The first-order chi connectivity index (χ1) is 7.79. The molecule has 0 saturated heterocycles. The minimum Gasteiger partial charge on any atom is -0.316 e. The minimum absolute atomic E-state index is 0.757. The average molecular weight is 224 g/mol. The highest BCUT2D eigenvalue weighted by Crippen LogP contribution is 2.00. The van der Waals surface area contributed by atoms with Crippen molar-refractivity contribution >= 4 is 0 Å². The normalized spacial score (nSPS) is 11.2. The van der Waals surface area contributed by atoms with Gasteiger partial charge in [-0.05, 0) is 31.8 Å². The third-order valence-electron chi connectivity index (χ3n) is 2.51. The minimum atomic E-state index is 0.757. The number of unbranched alkanes of at least 4 members (excludes halogenated alkanes) is 3. The van der Waals surface area contributed by atoms with Crippen LogP contribution in [0.1, 0.15) is 39.5 Å². The van der Waals surface area contributed by atoms with Crippen LogP contribution in [0.5, 0.6) is 0 Å². The molecule has 0 aliphatic rings. The summed E-state index contributed by atoms with van der Waals surface area (Å²) in [7, 11) is 0. The first-order valence-corrected chi connectivity index (χ1v) is 6.32. The summed E-state index contributed by atoms with van der Waals surface area (Å²) in [4.78, 5) is 3.92. The topological polar surface area (TPSA) is 42.7 Å². The predicted octanol–water partition coefficient (Wildman–Crippen LogP) is 2.08. The van der Waals surface area contributed by atoms with Gasteiger partial charge in [-0.3, -0.25) is 4.68 Å². The summed E-state index contributed by atoms with van der Waals surface area (Å²) in [6.45, 7) is 7.77. The zero-order valence-electron chi connectivity index (χ0n) is 10.5. The van der Waals surface area contributed by atoms with Crippen LogP contribution in [0, 0.1) is 5.92 Å². The average Bonchev–Trinajstić information content (AvgIpc) is 2.74. The monoisotopic (exact) mass is 224 g/mol. The fourth-order valence-electron chi connectivity index (χ4n) is 1.62. The van der Waals surface area contributed by atoms with Crippen LogP contribution < -0.4 is 5.32 Å². The van der Waals surface area contributed by atoms with Crippen LogP contribution in [0.3, 0.4) is 0 Å². The van der Waals surface area contributed by atoms with Crippen molar-refractivity contribution < 1.29 is 0 Å². The van der Waals surface area contributed by atoms with Crippen LogP contribution in [-0.2, 0) is 6.54 Å². The van der Waals surface area contributed by atoms with Gasteiger partial charge in [0, 0.05) is 6.54 Å². The molecule has 0 aliphatic heterocycles. The van der Waals surface area contributed by atoms with Crippen LogP contribution in [0.25, 0.3) is 0 Å². The van der Waals surface area contributed by atoms with Crippen LogP contribution in [0.15, 0.2) is 12.7 Å². The molecule has 0 atom stereocenters. The Hall–Kier alpha value is -0.900. The van der Waals surface area contributed by atoms with Gasteiger partial charge in [0.15, 0.2) is 0 Å². The number of hydrogen-bond acceptors (Lipinski definition) is 3. The maximum atomic E-state index is 4.08. The van der Waals surface area contributed by atoms with Gasteiger partial charge < -0.3 is 5.32 Å². The number of aromatic nitrogens is 3. The Morgan fingerprint density at radius 3 is 2.69 bits per heavy atom. The van der Waals surface area contributed by atoms with Crippen LogP contribution in [0.4, 0.5) is 0 Å². The Balaban J connectivity index is 1.82. The lowest BCUT2D eigenvalue weighted by atomic mass is 10.2. The summed E-state index contributed by atoms with van der Waals surface area (Å²) in [5.41, 5.74) is 0. The molecule has 1 heterocycles. The summed E-state index contributed by atoms with van der Waals surface area (Å²) < 4.78 is 1.90. The summed E-state index contributed by atoms with van der Waals surface area (Å²) >= 11 is 0. The summed E-state index contributed by atoms with van der Waals surface area (Å²) in [5, 5.41) is 7.54. The molecule has 1 aromatic heterocycles. The lowest BCUT2D eigenvalue weighted by Crippen LogP contribution is -2.20. The van der Waals surface area contributed by atoms with Gasteiger partial charge in [-0.2, -0.15) is 5.10 Å². The third-order valence-corrected chi connectivity index (χ3v) is 2.51. The van der Waals surface area contributed by atoms with Crippen molar-refractivity contribution in [3.05, 3.63) is 12.7 Å². The molecule has 0 fully saturated rings. The lowest BCUT2D eigenvalue weighted by molar-refractivity contribution is 0.505. The lowest BCUT2D eigenvalue weighted by Gasteiger charge is -2.06. The van der Waals surface area contributed by atoms with Gasteiger partial charge in [0.25, 0.3) is 0 Å². The van der Waals surface area contributed by atoms with Crippen LogP contribution in [-0.4, -0.2) is 27.9 Å². The van der Waals surface area contributed by atoms with Crippen molar-refractivity contribution in [3.63, 3.8) is 0 Å². The van der Waals surface area contributed by atoms with E-state index in [-0.39, 0.29) is 0 Å². The maximum absolute atomic E-state index is 4.08. The Morgan fingerprint density at radius 1 is 1.19 bits per heavy atom. The van der Waals surface area contributed by atoms with Crippen molar-refractivity contribution in [3.8, 4) is 0 Å². The molecular formula is C12H24N4. The van der Waals surface area contributed by atoms with E-state index >= 15 is 0 Å². The second kappa shape index (κ2) is 8.28. The highest BCUT2D eigenvalue weighted by Gasteiger charge is 1.94. The van der Waals surface area contributed by atoms with E-state index in [2.05, 4.69) is 29.2 Å². The van der Waals surface area contributed by atoms with Gasteiger partial charge in [0.2, 0.25) is 0 Å². The molecule has 0 aromatic carbocycles. The molecule has 0 aliphatic carbocycles. The van der Waals surface area contributed by atoms with E-state index in [1.54, 1.807) is 12.7 Å². The predicted molar refractivity (Wildman–Crippen MR) is 66.2 cm³/mol. The fraction of sp³-hybridized carbons (Fsp3) is 0.833. The largest absolute Gasteiger partial charge is 0.316 e. The van der Waals surface area contributed by atoms with E-state index < -0.39 is 0 Å². The molecule has 16 heavy (non-hydrogen) atoms. The van der Waals surface area contributed by atoms with E-state index in [0.29, 0.717) is 0 Å². The molecule has 4 nitrogen and oxygen atoms in total. The van der Waals surface area contributed by atoms with Gasteiger partial charge in [0.1, 0.15) is 12.7 Å². The quantitative estimate of drug-likeness (QED) is 0.653. The van der Waals surface area contributed by atoms with E-state index in [4.69, 9.17) is 0 Å². The number of nitrogens with one attached hydrogen (secondary N) is 1. The first-order valence-electron chi connectivity index (χ1n) is 6.32. The zero-order chi connectivity index (χ0) is 11.6. The second-order valence-electron chi connectivity index (χ2n) is 4.67. The fourth-order valence-corrected chi connectivity index (χ4v) is 1.62. The van der Waals surface area contributed by atoms with Crippen molar-refractivity contribution in [2.45, 2.75) is 46.1 Å². The van der Waals surface area contributed by atoms with Crippen molar-refractivity contribution in [2.24, 2.45) is 5.92 Å². The maximum Gasteiger partial charge on any atom is 0.137 e. The number of hydrogen-bond donors (Lipinski definition) is 1. The second-order valence-corrected chi connectivity index (χ2v) is 4.67. The number of aryl methyl sites for hydroxylation is 1. The number of nitrogens with zero attached hydrogens (tertiary/aromatic N) is 3. The molecular weight excluding hydrogens is 200 g/mol. The molecule has 1 aromatic rings. The van der Waals surface area contributed by atoms with Gasteiger partial charge in [-0.15, -0.1) is 0 Å². The molecule has 4 heteroatoms. The van der Waals surface area contributed by atoms with Crippen molar-refractivity contribution in [1.29, 1.82) is 0 Å². The molecule has 0 spiro atoms. The van der Waals surface area contributed by atoms with E-state index in [1.807, 2.05) is 4.68 Å². The van der Waals surface area contributed by atoms with E-state index in [1.165, 1.54) is 25.7 Å². The standard InChI is InChI=1S/C12H24N4/c1-12(2)9-13-7-5-3-4-6-8-16-11-14-10-15-16/h10-13H,3-9H2,1-2H3. The van der Waals surface area contributed by atoms with Crippen LogP contribution in [0.2, 0.25) is 0 Å². The zero-order valence-corrected chi connectivity index (χ0v) is 10.5. The smallest absolute Gasteiger partial charge is 0.137 e. The molecule has 0 amide bonds. The summed E-state index contributed by atoms with van der Waals surface area (Å²) in [5.74, 6) is 0.757. The Labute approximate surface area is 98.5 Å². The molecule has 0 unspecified atom stereocenters. The Bertz CT molecular complexity index is 244. The molecule has 1 rings (SSSR count). The van der Waals surface area contributed by atoms with Crippen LogP contribution >= 0.6 is 0 Å². The highest BCUT2D eigenvalue weighted by atomic mass is 15.3. The van der Waals surface area contributed by atoms with Gasteiger partial charge >= 0.3 is 0 Å².